The van der Waals surface area contributed by atoms with Crippen molar-refractivity contribution in [2.75, 3.05) is 5.32 Å². The maximum atomic E-state index is 12.7. The highest BCUT2D eigenvalue weighted by Crippen LogP contribution is 2.28. The van der Waals surface area contributed by atoms with Crippen LogP contribution in [0.3, 0.4) is 0 Å². The Hall–Kier alpha value is -2.79. The number of benzene rings is 3. The second-order valence-corrected chi connectivity index (χ2v) is 7.53. The Balaban J connectivity index is 1.55. The Morgan fingerprint density at radius 1 is 1.04 bits per heavy atom. The smallest absolute Gasteiger partial charge is 0.237 e. The molecule has 26 heavy (non-hydrogen) atoms. The third-order valence-corrected chi connectivity index (χ3v) is 5.59. The van der Waals surface area contributed by atoms with E-state index < -0.39 is 0 Å². The molecule has 130 valence electrons. The highest BCUT2D eigenvalue weighted by atomic mass is 32.2. The van der Waals surface area contributed by atoms with Gasteiger partial charge in [0, 0.05) is 18.1 Å². The summed E-state index contributed by atoms with van der Waals surface area (Å²) >= 11 is 1.47. The minimum Gasteiger partial charge on any atom is -0.325 e. The number of imidazole rings is 1. The van der Waals surface area contributed by atoms with Gasteiger partial charge in [-0.2, -0.15) is 0 Å². The fourth-order valence-electron chi connectivity index (χ4n) is 3.01. The number of carbonyl (C=O) groups excluding carboxylic acids is 1. The molecule has 4 aromatic rings. The summed E-state index contributed by atoms with van der Waals surface area (Å²) in [6.45, 7) is 1.91. The summed E-state index contributed by atoms with van der Waals surface area (Å²) in [5.41, 5.74) is 2.85. The highest BCUT2D eigenvalue weighted by molar-refractivity contribution is 8.00. The molecule has 4 rings (SSSR count). The zero-order chi connectivity index (χ0) is 18.1. The van der Waals surface area contributed by atoms with Crippen LogP contribution in [0.1, 0.15) is 6.92 Å². The van der Waals surface area contributed by atoms with Crippen molar-refractivity contribution in [1.29, 1.82) is 0 Å². The number of aryl methyl sites for hydroxylation is 1. The van der Waals surface area contributed by atoms with E-state index in [0.29, 0.717) is 0 Å². The molecule has 1 N–H and O–H groups in total. The van der Waals surface area contributed by atoms with Gasteiger partial charge in [0.2, 0.25) is 5.91 Å². The molecule has 1 heterocycles. The van der Waals surface area contributed by atoms with Crippen LogP contribution in [0.4, 0.5) is 5.69 Å². The summed E-state index contributed by atoms with van der Waals surface area (Å²) in [6.07, 6.45) is 0. The summed E-state index contributed by atoms with van der Waals surface area (Å²) in [5.74, 6) is -0.0293. The minimum absolute atomic E-state index is 0.0293. The number of anilines is 1. The van der Waals surface area contributed by atoms with Crippen LogP contribution >= 0.6 is 11.8 Å². The number of rotatable bonds is 4. The second-order valence-electron chi connectivity index (χ2n) is 6.22. The number of amides is 1. The summed E-state index contributed by atoms with van der Waals surface area (Å²) in [4.78, 5) is 17.4. The number of aromatic nitrogens is 2. The molecule has 4 nitrogen and oxygen atoms in total. The average Bonchev–Trinajstić information content (AvgIpc) is 2.98. The monoisotopic (exact) mass is 361 g/mol. The van der Waals surface area contributed by atoms with E-state index in [9.17, 15) is 4.79 Å². The molecule has 1 atom stereocenters. The first-order chi connectivity index (χ1) is 12.6. The van der Waals surface area contributed by atoms with Crippen LogP contribution in [-0.4, -0.2) is 20.7 Å². The highest BCUT2D eigenvalue weighted by Gasteiger charge is 2.19. The fraction of sp³-hybridized carbons (Fsp3) is 0.143. The van der Waals surface area contributed by atoms with Gasteiger partial charge in [0.15, 0.2) is 5.16 Å². The molecule has 0 aliphatic carbocycles. The molecule has 0 spiro atoms. The van der Waals surface area contributed by atoms with Crippen molar-refractivity contribution in [3.8, 4) is 0 Å². The molecule has 1 unspecified atom stereocenters. The fourth-order valence-corrected chi connectivity index (χ4v) is 3.90. The van der Waals surface area contributed by atoms with Gasteiger partial charge in [0.05, 0.1) is 16.3 Å². The van der Waals surface area contributed by atoms with Crippen molar-refractivity contribution in [2.45, 2.75) is 17.3 Å². The maximum Gasteiger partial charge on any atom is 0.237 e. The predicted molar refractivity (Wildman–Crippen MR) is 109 cm³/mol. The Bertz CT molecular complexity index is 1100. The SMILES string of the molecule is CC(Sc1nc2ccccc2n1C)C(=O)Nc1cccc2ccccc12. The molecule has 0 aliphatic heterocycles. The Morgan fingerprint density at radius 3 is 2.62 bits per heavy atom. The van der Waals surface area contributed by atoms with E-state index >= 15 is 0 Å². The number of para-hydroxylation sites is 2. The standard InChI is InChI=1S/C21H19N3OS/c1-14(26-21-23-18-11-5-6-13-19(18)24(21)2)20(25)22-17-12-7-9-15-8-3-4-10-16(15)17/h3-14H,1-2H3,(H,22,25). The van der Waals surface area contributed by atoms with Crippen molar-refractivity contribution in [3.05, 3.63) is 66.7 Å². The number of fused-ring (bicyclic) bond motifs is 2. The summed E-state index contributed by atoms with van der Waals surface area (Å²) < 4.78 is 2.03. The van der Waals surface area contributed by atoms with Crippen molar-refractivity contribution in [3.63, 3.8) is 0 Å². The summed E-state index contributed by atoms with van der Waals surface area (Å²) in [6, 6.07) is 22.0. The van der Waals surface area contributed by atoms with Crippen molar-refractivity contribution >= 4 is 45.2 Å². The van der Waals surface area contributed by atoms with E-state index in [1.54, 1.807) is 0 Å². The minimum atomic E-state index is -0.260. The molecule has 0 saturated carbocycles. The Morgan fingerprint density at radius 2 is 1.77 bits per heavy atom. The molecule has 3 aromatic carbocycles. The Labute approximate surface area is 156 Å². The van der Waals surface area contributed by atoms with Gasteiger partial charge in [-0.15, -0.1) is 0 Å². The lowest BCUT2D eigenvalue weighted by molar-refractivity contribution is -0.115. The first-order valence-electron chi connectivity index (χ1n) is 8.50. The molecule has 0 radical (unpaired) electrons. The van der Waals surface area contributed by atoms with Gasteiger partial charge in [-0.05, 0) is 30.5 Å². The van der Waals surface area contributed by atoms with Crippen molar-refractivity contribution in [1.82, 2.24) is 9.55 Å². The van der Waals surface area contributed by atoms with Crippen molar-refractivity contribution < 1.29 is 4.79 Å². The topological polar surface area (TPSA) is 46.9 Å². The molecule has 1 aromatic heterocycles. The molecular weight excluding hydrogens is 342 g/mol. The summed E-state index contributed by atoms with van der Waals surface area (Å²) in [7, 11) is 1.98. The lowest BCUT2D eigenvalue weighted by Gasteiger charge is -2.13. The average molecular weight is 361 g/mol. The van der Waals surface area contributed by atoms with Gasteiger partial charge in [-0.1, -0.05) is 60.3 Å². The normalized spacial score (nSPS) is 12.4. The van der Waals surface area contributed by atoms with Gasteiger partial charge >= 0.3 is 0 Å². The number of carbonyl (C=O) groups is 1. The van der Waals surface area contributed by atoms with Crippen LogP contribution in [0.2, 0.25) is 0 Å². The third kappa shape index (κ3) is 3.06. The number of nitrogens with one attached hydrogen (secondary N) is 1. The Kier molecular flexibility index (Phi) is 4.39. The van der Waals surface area contributed by atoms with E-state index in [1.165, 1.54) is 11.8 Å². The van der Waals surface area contributed by atoms with Crippen LogP contribution in [-0.2, 0) is 11.8 Å². The van der Waals surface area contributed by atoms with Crippen molar-refractivity contribution in [2.24, 2.45) is 7.05 Å². The van der Waals surface area contributed by atoms with E-state index in [-0.39, 0.29) is 11.2 Å². The quantitative estimate of drug-likeness (QED) is 0.529. The lowest BCUT2D eigenvalue weighted by Crippen LogP contribution is -2.22. The van der Waals surface area contributed by atoms with Crippen LogP contribution < -0.4 is 5.32 Å². The number of hydrogen-bond acceptors (Lipinski definition) is 3. The third-order valence-electron chi connectivity index (χ3n) is 4.45. The second kappa shape index (κ2) is 6.84. The van der Waals surface area contributed by atoms with Gasteiger partial charge in [0.25, 0.3) is 0 Å². The lowest BCUT2D eigenvalue weighted by atomic mass is 10.1. The van der Waals surface area contributed by atoms with Crippen LogP contribution in [0.25, 0.3) is 21.8 Å². The van der Waals surface area contributed by atoms with Gasteiger partial charge in [0.1, 0.15) is 0 Å². The largest absolute Gasteiger partial charge is 0.325 e. The van der Waals surface area contributed by atoms with Gasteiger partial charge in [-0.3, -0.25) is 4.79 Å². The molecule has 0 bridgehead atoms. The molecular formula is C21H19N3OS. The first kappa shape index (κ1) is 16.7. The van der Waals surface area contributed by atoms with Gasteiger partial charge < -0.3 is 9.88 Å². The van der Waals surface area contributed by atoms with E-state index in [1.807, 2.05) is 85.3 Å². The zero-order valence-corrected chi connectivity index (χ0v) is 15.5. The van der Waals surface area contributed by atoms with E-state index in [2.05, 4.69) is 10.3 Å². The van der Waals surface area contributed by atoms with Crippen LogP contribution in [0.15, 0.2) is 71.9 Å². The van der Waals surface area contributed by atoms with Crippen LogP contribution in [0.5, 0.6) is 0 Å². The van der Waals surface area contributed by atoms with E-state index in [4.69, 9.17) is 0 Å². The molecule has 5 heteroatoms. The number of nitrogens with zero attached hydrogens (tertiary/aromatic N) is 2. The predicted octanol–water partition coefficient (Wildman–Crippen LogP) is 4.85. The summed E-state index contributed by atoms with van der Waals surface area (Å²) in [5, 5.41) is 5.80. The molecule has 1 amide bonds. The zero-order valence-electron chi connectivity index (χ0n) is 14.6. The van der Waals surface area contributed by atoms with E-state index in [0.717, 1.165) is 32.6 Å². The molecule has 0 fully saturated rings. The molecule has 0 aliphatic rings. The maximum absolute atomic E-state index is 12.7. The number of hydrogen-bond donors (Lipinski definition) is 1. The first-order valence-corrected chi connectivity index (χ1v) is 9.38. The number of thioether (sulfide) groups is 1. The van der Waals surface area contributed by atoms with Gasteiger partial charge in [-0.25, -0.2) is 4.98 Å². The molecule has 0 saturated heterocycles. The van der Waals surface area contributed by atoms with Crippen LogP contribution in [0, 0.1) is 0 Å².